The molecule has 140 valence electrons. The van der Waals surface area contributed by atoms with Gasteiger partial charge in [-0.25, -0.2) is 4.98 Å². The number of nitrogens with one attached hydrogen (secondary N) is 2. The van der Waals surface area contributed by atoms with E-state index in [1.807, 2.05) is 75.6 Å². The molecular formula is C21H24ClN5. The van der Waals surface area contributed by atoms with Crippen molar-refractivity contribution in [3.8, 4) is 11.3 Å². The number of likely N-dealkylation sites (N-methyl/N-ethyl adjacent to an activating group) is 1. The molecule has 6 heteroatoms. The summed E-state index contributed by atoms with van der Waals surface area (Å²) in [7, 11) is 4.09. The number of aryl methyl sites for hydroxylation is 1. The zero-order valence-corrected chi connectivity index (χ0v) is 16.6. The molecule has 0 fully saturated rings. The summed E-state index contributed by atoms with van der Waals surface area (Å²) in [5.74, 6) is 1.31. The summed E-state index contributed by atoms with van der Waals surface area (Å²) >= 11 is 6.24. The second-order valence-electron chi connectivity index (χ2n) is 6.65. The number of nitrogens with zero attached hydrogens (tertiary/aromatic N) is 3. The number of anilines is 3. The first kappa shape index (κ1) is 19.1. The van der Waals surface area contributed by atoms with Crippen LogP contribution in [0.15, 0.2) is 54.6 Å². The van der Waals surface area contributed by atoms with Gasteiger partial charge in [0.1, 0.15) is 5.82 Å². The summed E-state index contributed by atoms with van der Waals surface area (Å²) in [6, 6.07) is 17.9. The van der Waals surface area contributed by atoms with Crippen LogP contribution in [0.5, 0.6) is 0 Å². The maximum Gasteiger partial charge on any atom is 0.229 e. The molecule has 0 atom stereocenters. The fraction of sp³-hybridized carbons (Fsp3) is 0.238. The highest BCUT2D eigenvalue weighted by atomic mass is 35.5. The van der Waals surface area contributed by atoms with Crippen LogP contribution in [-0.2, 0) is 0 Å². The van der Waals surface area contributed by atoms with E-state index in [1.165, 1.54) is 0 Å². The molecule has 0 saturated heterocycles. The highest BCUT2D eigenvalue weighted by Gasteiger charge is 2.08. The molecule has 1 aromatic heterocycles. The number of rotatable bonds is 7. The fourth-order valence-electron chi connectivity index (χ4n) is 2.56. The maximum absolute atomic E-state index is 6.24. The molecule has 0 aliphatic rings. The zero-order valence-electron chi connectivity index (χ0n) is 15.8. The first-order valence-corrected chi connectivity index (χ1v) is 9.25. The van der Waals surface area contributed by atoms with Gasteiger partial charge in [-0.15, -0.1) is 0 Å². The number of halogens is 1. The smallest absolute Gasteiger partial charge is 0.229 e. The summed E-state index contributed by atoms with van der Waals surface area (Å²) in [5.41, 5.74) is 3.79. The summed E-state index contributed by atoms with van der Waals surface area (Å²) in [6.45, 7) is 3.69. The van der Waals surface area contributed by atoms with Crippen molar-refractivity contribution in [2.75, 3.05) is 37.8 Å². The van der Waals surface area contributed by atoms with Crippen molar-refractivity contribution in [2.45, 2.75) is 6.92 Å². The monoisotopic (exact) mass is 381 g/mol. The normalized spacial score (nSPS) is 10.9. The minimum absolute atomic E-state index is 0.531. The van der Waals surface area contributed by atoms with Crippen LogP contribution in [0.4, 0.5) is 17.5 Å². The predicted molar refractivity (Wildman–Crippen MR) is 114 cm³/mol. The van der Waals surface area contributed by atoms with E-state index in [-0.39, 0.29) is 0 Å². The second-order valence-corrected chi connectivity index (χ2v) is 7.05. The third-order valence-corrected chi connectivity index (χ3v) is 4.50. The van der Waals surface area contributed by atoms with Crippen LogP contribution in [-0.4, -0.2) is 42.1 Å². The molecule has 3 aromatic rings. The molecular weight excluding hydrogens is 358 g/mol. The van der Waals surface area contributed by atoms with E-state index in [4.69, 9.17) is 11.6 Å². The third kappa shape index (κ3) is 5.42. The van der Waals surface area contributed by atoms with E-state index >= 15 is 0 Å². The average molecular weight is 382 g/mol. The first-order chi connectivity index (χ1) is 13.0. The SMILES string of the molecule is Cc1ccc(Nc2nc(NCCN(C)C)cc(-c3ccccc3)n2)cc1Cl. The summed E-state index contributed by atoms with van der Waals surface area (Å²) in [4.78, 5) is 11.4. The Labute approximate surface area is 165 Å². The van der Waals surface area contributed by atoms with Crippen LogP contribution in [0.3, 0.4) is 0 Å². The number of hydrogen-bond acceptors (Lipinski definition) is 5. The van der Waals surface area contributed by atoms with Crippen molar-refractivity contribution in [3.05, 3.63) is 65.2 Å². The Bertz CT molecular complexity index is 896. The quantitative estimate of drug-likeness (QED) is 0.614. The van der Waals surface area contributed by atoms with E-state index < -0.39 is 0 Å². The minimum Gasteiger partial charge on any atom is -0.369 e. The van der Waals surface area contributed by atoms with E-state index in [1.54, 1.807) is 0 Å². The molecule has 0 aliphatic carbocycles. The van der Waals surface area contributed by atoms with E-state index in [0.29, 0.717) is 11.0 Å². The summed E-state index contributed by atoms with van der Waals surface area (Å²) < 4.78 is 0. The molecule has 2 N–H and O–H groups in total. The van der Waals surface area contributed by atoms with Gasteiger partial charge >= 0.3 is 0 Å². The van der Waals surface area contributed by atoms with E-state index in [9.17, 15) is 0 Å². The second kappa shape index (κ2) is 8.84. The summed E-state index contributed by atoms with van der Waals surface area (Å²) in [6.07, 6.45) is 0. The van der Waals surface area contributed by atoms with Gasteiger partial charge in [-0.05, 0) is 38.7 Å². The topological polar surface area (TPSA) is 53.1 Å². The van der Waals surface area contributed by atoms with Gasteiger partial charge < -0.3 is 15.5 Å². The minimum atomic E-state index is 0.531. The molecule has 3 rings (SSSR count). The van der Waals surface area contributed by atoms with Crippen LogP contribution in [0.1, 0.15) is 5.56 Å². The van der Waals surface area contributed by atoms with Crippen LogP contribution in [0.2, 0.25) is 5.02 Å². The average Bonchev–Trinajstić information content (AvgIpc) is 2.65. The lowest BCUT2D eigenvalue weighted by Gasteiger charge is -2.14. The van der Waals surface area contributed by atoms with Gasteiger partial charge in [0.25, 0.3) is 0 Å². The van der Waals surface area contributed by atoms with Crippen molar-refractivity contribution in [1.82, 2.24) is 14.9 Å². The lowest BCUT2D eigenvalue weighted by Crippen LogP contribution is -2.21. The molecule has 0 spiro atoms. The van der Waals surface area contributed by atoms with Gasteiger partial charge in [-0.2, -0.15) is 4.98 Å². The van der Waals surface area contributed by atoms with Gasteiger partial charge in [0.05, 0.1) is 5.69 Å². The standard InChI is InChI=1S/C21H24ClN5/c1-15-9-10-17(13-18(15)22)24-21-25-19(16-7-5-4-6-8-16)14-20(26-21)23-11-12-27(2)3/h4-10,13-14H,11-12H2,1-3H3,(H2,23,24,25,26). The number of aromatic nitrogens is 2. The Morgan fingerprint density at radius 2 is 1.78 bits per heavy atom. The van der Waals surface area contributed by atoms with E-state index in [2.05, 4.69) is 25.5 Å². The highest BCUT2D eigenvalue weighted by Crippen LogP contribution is 2.25. The van der Waals surface area contributed by atoms with Crippen LogP contribution in [0, 0.1) is 6.92 Å². The number of hydrogen-bond donors (Lipinski definition) is 2. The van der Waals surface area contributed by atoms with Crippen molar-refractivity contribution in [1.29, 1.82) is 0 Å². The molecule has 1 heterocycles. The van der Waals surface area contributed by atoms with Gasteiger partial charge in [-0.3, -0.25) is 0 Å². The van der Waals surface area contributed by atoms with Crippen LogP contribution in [0.25, 0.3) is 11.3 Å². The third-order valence-electron chi connectivity index (χ3n) is 4.09. The van der Waals surface area contributed by atoms with Crippen molar-refractivity contribution in [2.24, 2.45) is 0 Å². The van der Waals surface area contributed by atoms with Crippen molar-refractivity contribution < 1.29 is 0 Å². The molecule has 27 heavy (non-hydrogen) atoms. The summed E-state index contributed by atoms with van der Waals surface area (Å²) in [5, 5.41) is 7.35. The fourth-order valence-corrected chi connectivity index (χ4v) is 2.74. The Hall–Kier alpha value is -2.63. The van der Waals surface area contributed by atoms with Crippen molar-refractivity contribution in [3.63, 3.8) is 0 Å². The van der Waals surface area contributed by atoms with E-state index in [0.717, 1.165) is 41.4 Å². The Balaban J connectivity index is 1.90. The molecule has 5 nitrogen and oxygen atoms in total. The van der Waals surface area contributed by atoms with Gasteiger partial charge in [0.2, 0.25) is 5.95 Å². The Kier molecular flexibility index (Phi) is 6.27. The zero-order chi connectivity index (χ0) is 19.2. The van der Waals surface area contributed by atoms with Crippen molar-refractivity contribution >= 4 is 29.1 Å². The molecule has 0 radical (unpaired) electrons. The van der Waals surface area contributed by atoms with Crippen LogP contribution >= 0.6 is 11.6 Å². The largest absolute Gasteiger partial charge is 0.369 e. The molecule has 0 saturated carbocycles. The highest BCUT2D eigenvalue weighted by molar-refractivity contribution is 6.31. The molecule has 0 unspecified atom stereocenters. The molecule has 2 aromatic carbocycles. The van der Waals surface area contributed by atoms with Gasteiger partial charge in [0.15, 0.2) is 0 Å². The molecule has 0 aliphatic heterocycles. The first-order valence-electron chi connectivity index (χ1n) is 8.87. The van der Waals surface area contributed by atoms with Gasteiger partial charge in [0, 0.05) is 35.4 Å². The van der Waals surface area contributed by atoms with Crippen LogP contribution < -0.4 is 10.6 Å². The maximum atomic E-state index is 6.24. The molecule has 0 bridgehead atoms. The lowest BCUT2D eigenvalue weighted by molar-refractivity contribution is 0.425. The Morgan fingerprint density at radius 1 is 1.00 bits per heavy atom. The lowest BCUT2D eigenvalue weighted by atomic mass is 10.1. The predicted octanol–water partition coefficient (Wildman–Crippen LogP) is 4.82. The molecule has 0 amide bonds. The Morgan fingerprint density at radius 3 is 2.48 bits per heavy atom. The van der Waals surface area contributed by atoms with Gasteiger partial charge in [-0.1, -0.05) is 48.0 Å². The number of benzene rings is 2.